The number of hydrogen-bond donors (Lipinski definition) is 0. The predicted octanol–water partition coefficient (Wildman–Crippen LogP) is 13.0. The molecule has 11 rings (SSSR count). The number of ether oxygens (including phenoxy) is 2. The zero-order valence-corrected chi connectivity index (χ0v) is 31.8. The summed E-state index contributed by atoms with van der Waals surface area (Å²) in [6, 6.07) is 53.4. The number of methoxy groups -OCH3 is 2. The van der Waals surface area contributed by atoms with E-state index in [0.29, 0.717) is 12.8 Å². The summed E-state index contributed by atoms with van der Waals surface area (Å²) in [6.45, 7) is 0. The molecule has 0 aliphatic heterocycles. The standard InChI is InChI=1S/C53H38O4/c1-56-47(54)25-27-53(28-26-48(55)57-2)45-29-37(39-19-13-35-11-9-31-5-3-7-33-15-23-43(39)51(35)49(31)33)17-21-41(45)42-22-18-38(30-46(42)53)40-20-14-36-12-10-32-6-4-8-34-16-24-44(40)52(36)50(32)34/h3-24,29-30H,25-28H2,1-2H3. The average Bonchev–Trinajstić information content (AvgIpc) is 3.53. The third-order valence-electron chi connectivity index (χ3n) is 13.0. The van der Waals surface area contributed by atoms with E-state index in [1.807, 2.05) is 0 Å². The molecule has 10 aromatic carbocycles. The minimum absolute atomic E-state index is 0.211. The summed E-state index contributed by atoms with van der Waals surface area (Å²) < 4.78 is 10.5. The molecular weight excluding hydrogens is 701 g/mol. The highest BCUT2D eigenvalue weighted by atomic mass is 16.5. The normalized spacial score (nSPS) is 13.3. The lowest BCUT2D eigenvalue weighted by atomic mass is 9.70. The average molecular weight is 739 g/mol. The van der Waals surface area contributed by atoms with Crippen molar-refractivity contribution < 1.29 is 19.1 Å². The highest BCUT2D eigenvalue weighted by Crippen LogP contribution is 2.56. The van der Waals surface area contributed by atoms with Crippen LogP contribution < -0.4 is 0 Å². The molecule has 4 heteroatoms. The van der Waals surface area contributed by atoms with Gasteiger partial charge in [0.25, 0.3) is 0 Å². The highest BCUT2D eigenvalue weighted by Gasteiger charge is 2.44. The van der Waals surface area contributed by atoms with Crippen molar-refractivity contribution in [3.05, 3.63) is 157 Å². The molecule has 1 aliphatic rings. The van der Waals surface area contributed by atoms with E-state index in [0.717, 1.165) is 44.5 Å². The molecule has 0 saturated carbocycles. The molecule has 0 unspecified atom stereocenters. The molecule has 0 aromatic heterocycles. The lowest BCUT2D eigenvalue weighted by Gasteiger charge is -2.32. The van der Waals surface area contributed by atoms with Crippen LogP contribution in [0.2, 0.25) is 0 Å². The fourth-order valence-electron chi connectivity index (χ4n) is 10.3. The Morgan fingerprint density at radius 2 is 0.772 bits per heavy atom. The van der Waals surface area contributed by atoms with Gasteiger partial charge in [-0.15, -0.1) is 0 Å². The minimum atomic E-state index is -0.660. The topological polar surface area (TPSA) is 52.6 Å². The van der Waals surface area contributed by atoms with Crippen LogP contribution in [0, 0.1) is 0 Å². The number of carbonyl (C=O) groups is 2. The van der Waals surface area contributed by atoms with E-state index >= 15 is 0 Å². The Hall–Kier alpha value is -6.78. The van der Waals surface area contributed by atoms with Crippen molar-refractivity contribution in [3.63, 3.8) is 0 Å². The fourth-order valence-corrected chi connectivity index (χ4v) is 10.3. The molecule has 0 atom stereocenters. The number of fused-ring (bicyclic) bond motifs is 3. The molecule has 0 N–H and O–H groups in total. The Balaban J connectivity index is 1.13. The van der Waals surface area contributed by atoms with Gasteiger partial charge in [-0.1, -0.05) is 133 Å². The first-order valence-corrected chi connectivity index (χ1v) is 19.7. The van der Waals surface area contributed by atoms with Gasteiger partial charge in [0.05, 0.1) is 14.2 Å². The Morgan fingerprint density at radius 3 is 1.18 bits per heavy atom. The Morgan fingerprint density at radius 1 is 0.421 bits per heavy atom. The number of benzene rings is 10. The summed E-state index contributed by atoms with van der Waals surface area (Å²) in [7, 11) is 2.89. The smallest absolute Gasteiger partial charge is 0.305 e. The summed E-state index contributed by atoms with van der Waals surface area (Å²) >= 11 is 0. The molecular formula is C53H38O4. The van der Waals surface area contributed by atoms with Crippen molar-refractivity contribution in [2.45, 2.75) is 31.1 Å². The van der Waals surface area contributed by atoms with Crippen LogP contribution in [0.1, 0.15) is 36.8 Å². The first-order valence-electron chi connectivity index (χ1n) is 19.7. The minimum Gasteiger partial charge on any atom is -0.469 e. The SMILES string of the molecule is COC(=O)CCC1(CCC(=O)OC)c2cc(-c3ccc4ccc5cccc6ccc3c4c56)ccc2-c2ccc(-c3ccc4ccc5cccc6ccc3c4c56)cc21. The van der Waals surface area contributed by atoms with Crippen LogP contribution in [0.25, 0.3) is 98.0 Å². The summed E-state index contributed by atoms with van der Waals surface area (Å²) in [5, 5.41) is 14.9. The van der Waals surface area contributed by atoms with Crippen LogP contribution in [0.5, 0.6) is 0 Å². The van der Waals surface area contributed by atoms with Gasteiger partial charge in [0, 0.05) is 18.3 Å². The van der Waals surface area contributed by atoms with E-state index in [-0.39, 0.29) is 24.8 Å². The quantitative estimate of drug-likeness (QED) is 0.115. The lowest BCUT2D eigenvalue weighted by Crippen LogP contribution is -2.28. The second kappa shape index (κ2) is 12.6. The van der Waals surface area contributed by atoms with Gasteiger partial charge in [-0.3, -0.25) is 9.59 Å². The number of hydrogen-bond acceptors (Lipinski definition) is 4. The molecule has 0 saturated heterocycles. The van der Waals surface area contributed by atoms with Gasteiger partial charge in [-0.25, -0.2) is 0 Å². The van der Waals surface area contributed by atoms with E-state index < -0.39 is 5.41 Å². The molecule has 0 bridgehead atoms. The van der Waals surface area contributed by atoms with Gasteiger partial charge >= 0.3 is 11.9 Å². The van der Waals surface area contributed by atoms with E-state index in [1.54, 1.807) is 0 Å². The van der Waals surface area contributed by atoms with Crippen LogP contribution in [0.3, 0.4) is 0 Å². The Labute approximate surface area is 329 Å². The van der Waals surface area contributed by atoms with Crippen LogP contribution in [0.4, 0.5) is 0 Å². The van der Waals surface area contributed by atoms with E-state index in [1.165, 1.54) is 78.9 Å². The molecule has 0 radical (unpaired) electrons. The second-order valence-corrected chi connectivity index (χ2v) is 15.7. The summed E-state index contributed by atoms with van der Waals surface area (Å²) in [4.78, 5) is 26.0. The van der Waals surface area contributed by atoms with Gasteiger partial charge in [-0.05, 0) is 134 Å². The Bertz CT molecular complexity index is 3010. The van der Waals surface area contributed by atoms with E-state index in [9.17, 15) is 9.59 Å². The van der Waals surface area contributed by atoms with Gasteiger partial charge in [0.15, 0.2) is 0 Å². The van der Waals surface area contributed by atoms with Gasteiger partial charge < -0.3 is 9.47 Å². The van der Waals surface area contributed by atoms with Crippen LogP contribution in [0.15, 0.2) is 146 Å². The van der Waals surface area contributed by atoms with Crippen molar-refractivity contribution in [3.8, 4) is 33.4 Å². The lowest BCUT2D eigenvalue weighted by molar-refractivity contribution is -0.141. The number of esters is 2. The molecule has 57 heavy (non-hydrogen) atoms. The molecule has 0 fully saturated rings. The molecule has 0 amide bonds. The zero-order chi connectivity index (χ0) is 38.4. The maximum Gasteiger partial charge on any atom is 0.305 e. The first-order chi connectivity index (χ1) is 28.0. The van der Waals surface area contributed by atoms with Gasteiger partial charge in [-0.2, -0.15) is 0 Å². The molecule has 10 aromatic rings. The van der Waals surface area contributed by atoms with E-state index in [2.05, 4.69) is 146 Å². The molecule has 0 heterocycles. The summed E-state index contributed by atoms with van der Waals surface area (Å²) in [6.07, 6.45) is 1.39. The second-order valence-electron chi connectivity index (χ2n) is 15.7. The van der Waals surface area contributed by atoms with Gasteiger partial charge in [0.2, 0.25) is 0 Å². The van der Waals surface area contributed by atoms with Crippen molar-refractivity contribution in [2.24, 2.45) is 0 Å². The van der Waals surface area contributed by atoms with Crippen molar-refractivity contribution in [2.75, 3.05) is 14.2 Å². The summed E-state index contributed by atoms with van der Waals surface area (Å²) in [5.41, 5.74) is 8.37. The highest BCUT2D eigenvalue weighted by molar-refractivity contribution is 6.26. The Kier molecular flexibility index (Phi) is 7.43. The zero-order valence-electron chi connectivity index (χ0n) is 31.8. The van der Waals surface area contributed by atoms with E-state index in [4.69, 9.17) is 9.47 Å². The van der Waals surface area contributed by atoms with Crippen molar-refractivity contribution >= 4 is 76.6 Å². The molecule has 0 spiro atoms. The van der Waals surface area contributed by atoms with Gasteiger partial charge in [0.1, 0.15) is 0 Å². The number of rotatable bonds is 8. The van der Waals surface area contributed by atoms with Crippen molar-refractivity contribution in [1.29, 1.82) is 0 Å². The molecule has 1 aliphatic carbocycles. The third-order valence-corrected chi connectivity index (χ3v) is 13.0. The monoisotopic (exact) mass is 738 g/mol. The van der Waals surface area contributed by atoms with Crippen LogP contribution >= 0.6 is 0 Å². The first kappa shape index (κ1) is 33.5. The fraction of sp³-hybridized carbons (Fsp3) is 0.132. The third kappa shape index (κ3) is 4.93. The predicted molar refractivity (Wildman–Crippen MR) is 233 cm³/mol. The van der Waals surface area contributed by atoms with Crippen molar-refractivity contribution in [1.82, 2.24) is 0 Å². The maximum atomic E-state index is 13.0. The number of carbonyl (C=O) groups excluding carboxylic acids is 2. The maximum absolute atomic E-state index is 13.0. The van der Waals surface area contributed by atoms with Crippen LogP contribution in [-0.2, 0) is 24.5 Å². The molecule has 274 valence electrons. The summed E-state index contributed by atoms with van der Waals surface area (Å²) in [5.74, 6) is -0.540. The largest absolute Gasteiger partial charge is 0.469 e. The van der Waals surface area contributed by atoms with Crippen LogP contribution in [-0.4, -0.2) is 26.2 Å². The molecule has 4 nitrogen and oxygen atoms in total.